The van der Waals surface area contributed by atoms with Gasteiger partial charge < -0.3 is 13.7 Å². The highest BCUT2D eigenvalue weighted by Crippen LogP contribution is 2.37. The number of hydrogen-bond acceptors (Lipinski definition) is 2. The molecule has 188 valence electrons. The molecule has 1 heterocycles. The number of aromatic nitrogens is 1. The zero-order chi connectivity index (χ0) is 25.9. The van der Waals surface area contributed by atoms with Crippen molar-refractivity contribution in [1.29, 1.82) is 0 Å². The van der Waals surface area contributed by atoms with Crippen molar-refractivity contribution in [3.63, 3.8) is 0 Å². The van der Waals surface area contributed by atoms with Gasteiger partial charge in [0.25, 0.3) is 0 Å². The van der Waals surface area contributed by atoms with Crippen LogP contribution in [0.2, 0.25) is 18.1 Å². The van der Waals surface area contributed by atoms with E-state index in [4.69, 9.17) is 9.16 Å². The van der Waals surface area contributed by atoms with Gasteiger partial charge in [0.2, 0.25) is 0 Å². The van der Waals surface area contributed by atoms with Crippen LogP contribution in [0.25, 0.3) is 22.0 Å². The molecule has 0 saturated heterocycles. The maximum absolute atomic E-state index is 13.1. The Morgan fingerprint density at radius 1 is 0.917 bits per heavy atom. The van der Waals surface area contributed by atoms with Crippen LogP contribution in [0.1, 0.15) is 26.3 Å². The van der Waals surface area contributed by atoms with Crippen molar-refractivity contribution < 1.29 is 13.6 Å². The number of benzene rings is 3. The third-order valence-corrected chi connectivity index (χ3v) is 11.7. The zero-order valence-electron chi connectivity index (χ0n) is 22.0. The molecule has 0 atom stereocenters. The Hall–Kier alpha value is -3.15. The van der Waals surface area contributed by atoms with Crippen LogP contribution in [0, 0.1) is 5.82 Å². The van der Waals surface area contributed by atoms with Gasteiger partial charge in [-0.15, -0.1) is 6.58 Å². The van der Waals surface area contributed by atoms with Gasteiger partial charge in [0.05, 0.1) is 6.61 Å². The Bertz CT molecular complexity index is 1330. The molecule has 36 heavy (non-hydrogen) atoms. The van der Waals surface area contributed by atoms with E-state index in [1.807, 2.05) is 18.2 Å². The Balaban J connectivity index is 1.54. The van der Waals surface area contributed by atoms with Gasteiger partial charge in [0, 0.05) is 23.6 Å². The molecule has 0 radical (unpaired) electrons. The van der Waals surface area contributed by atoms with Crippen LogP contribution in [0.15, 0.2) is 85.6 Å². The predicted octanol–water partition coefficient (Wildman–Crippen LogP) is 8.99. The third kappa shape index (κ3) is 5.80. The molecule has 1 aromatic heterocycles. The molecular weight excluding hydrogens is 465 g/mol. The summed E-state index contributed by atoms with van der Waals surface area (Å²) in [4.78, 5) is 0. The molecule has 0 aliphatic carbocycles. The molecule has 4 rings (SSSR count). The summed E-state index contributed by atoms with van der Waals surface area (Å²) in [7, 11) is -1.78. The Morgan fingerprint density at radius 3 is 2.14 bits per heavy atom. The molecule has 3 aromatic carbocycles. The number of hydrogen-bond donors (Lipinski definition) is 0. The van der Waals surface area contributed by atoms with Gasteiger partial charge in [0.15, 0.2) is 8.32 Å². The summed E-state index contributed by atoms with van der Waals surface area (Å²) in [5, 5.41) is 1.44. The van der Waals surface area contributed by atoms with Crippen LogP contribution in [0.3, 0.4) is 0 Å². The zero-order valence-corrected chi connectivity index (χ0v) is 23.0. The SMILES string of the molecule is C=CCc1cn(CCO[Si](C)(C)C(C)(C)C)c2ccc(-c3ccc(Oc4ccc(F)cc4)cc3)cc12. The average molecular weight is 502 g/mol. The summed E-state index contributed by atoms with van der Waals surface area (Å²) in [5.41, 5.74) is 4.74. The highest BCUT2D eigenvalue weighted by molar-refractivity contribution is 6.74. The minimum Gasteiger partial charge on any atom is -0.457 e. The van der Waals surface area contributed by atoms with Gasteiger partial charge >= 0.3 is 0 Å². The normalized spacial score (nSPS) is 12.2. The Morgan fingerprint density at radius 2 is 1.53 bits per heavy atom. The first-order chi connectivity index (χ1) is 17.1. The van der Waals surface area contributed by atoms with E-state index in [9.17, 15) is 4.39 Å². The van der Waals surface area contributed by atoms with Crippen molar-refractivity contribution in [3.8, 4) is 22.6 Å². The van der Waals surface area contributed by atoms with Crippen molar-refractivity contribution in [3.05, 3.63) is 97.0 Å². The molecule has 0 spiro atoms. The van der Waals surface area contributed by atoms with Gasteiger partial charge in [-0.3, -0.25) is 0 Å². The minimum absolute atomic E-state index is 0.203. The lowest BCUT2D eigenvalue weighted by Gasteiger charge is -2.36. The van der Waals surface area contributed by atoms with Gasteiger partial charge in [-0.1, -0.05) is 45.0 Å². The molecule has 0 aliphatic rings. The quantitative estimate of drug-likeness (QED) is 0.169. The monoisotopic (exact) mass is 501 g/mol. The number of ether oxygens (including phenoxy) is 1. The lowest BCUT2D eigenvalue weighted by atomic mass is 10.0. The fourth-order valence-electron chi connectivity index (χ4n) is 4.02. The van der Waals surface area contributed by atoms with Crippen molar-refractivity contribution in [2.75, 3.05) is 6.61 Å². The predicted molar refractivity (Wildman–Crippen MR) is 151 cm³/mol. The van der Waals surface area contributed by atoms with Crippen molar-refractivity contribution >= 4 is 19.2 Å². The van der Waals surface area contributed by atoms with Crippen LogP contribution in [0.4, 0.5) is 4.39 Å². The van der Waals surface area contributed by atoms with E-state index >= 15 is 0 Å². The molecule has 0 amide bonds. The van der Waals surface area contributed by atoms with Crippen LogP contribution in [0.5, 0.6) is 11.5 Å². The van der Waals surface area contributed by atoms with Crippen LogP contribution < -0.4 is 4.74 Å². The molecule has 0 unspecified atom stereocenters. The van der Waals surface area contributed by atoms with Crippen LogP contribution >= 0.6 is 0 Å². The average Bonchev–Trinajstić information content (AvgIpc) is 3.17. The highest BCUT2D eigenvalue weighted by atomic mass is 28.4. The van der Waals surface area contributed by atoms with Crippen molar-refractivity contribution in [2.24, 2.45) is 0 Å². The van der Waals surface area contributed by atoms with E-state index in [0.29, 0.717) is 18.1 Å². The van der Waals surface area contributed by atoms with E-state index in [2.05, 4.69) is 81.5 Å². The standard InChI is InChI=1S/C31H36FNO2Si/c1-7-8-25-22-33(19-20-34-36(5,6)31(2,3)4)30-18-11-24(21-29(25)30)23-9-14-27(15-10-23)35-28-16-12-26(32)13-17-28/h7,9-18,21-22H,1,8,19-20H2,2-6H3. The number of fused-ring (bicyclic) bond motifs is 1. The summed E-state index contributed by atoms with van der Waals surface area (Å²) in [5.74, 6) is 1.05. The van der Waals surface area contributed by atoms with Crippen LogP contribution in [-0.4, -0.2) is 19.5 Å². The van der Waals surface area contributed by atoms with E-state index in [0.717, 1.165) is 24.1 Å². The summed E-state index contributed by atoms with van der Waals surface area (Å²) in [6, 6.07) is 20.7. The summed E-state index contributed by atoms with van der Waals surface area (Å²) in [6.07, 6.45) is 5.02. The first kappa shape index (κ1) is 25.9. The summed E-state index contributed by atoms with van der Waals surface area (Å²) >= 11 is 0. The largest absolute Gasteiger partial charge is 0.457 e. The molecule has 0 aliphatic heterocycles. The molecule has 0 saturated carbocycles. The van der Waals surface area contributed by atoms with Crippen LogP contribution in [-0.2, 0) is 17.4 Å². The third-order valence-electron chi connectivity index (χ3n) is 7.17. The van der Waals surface area contributed by atoms with E-state index in [-0.39, 0.29) is 10.9 Å². The smallest absolute Gasteiger partial charge is 0.192 e. The second-order valence-electron chi connectivity index (χ2n) is 10.8. The van der Waals surface area contributed by atoms with E-state index in [1.54, 1.807) is 12.1 Å². The molecule has 3 nitrogen and oxygen atoms in total. The molecule has 5 heteroatoms. The van der Waals surface area contributed by atoms with Gasteiger partial charge in [0.1, 0.15) is 17.3 Å². The summed E-state index contributed by atoms with van der Waals surface area (Å²) in [6.45, 7) is 16.9. The van der Waals surface area contributed by atoms with Gasteiger partial charge in [-0.25, -0.2) is 4.39 Å². The lowest BCUT2D eigenvalue weighted by molar-refractivity contribution is 0.273. The number of allylic oxidation sites excluding steroid dienone is 1. The molecule has 0 N–H and O–H groups in total. The molecule has 0 bridgehead atoms. The Labute approximate surface area is 215 Å². The fourth-order valence-corrected chi connectivity index (χ4v) is 5.06. The van der Waals surface area contributed by atoms with Crippen molar-refractivity contribution in [1.82, 2.24) is 4.57 Å². The first-order valence-electron chi connectivity index (χ1n) is 12.5. The topological polar surface area (TPSA) is 23.4 Å². The summed E-state index contributed by atoms with van der Waals surface area (Å²) < 4.78 is 27.7. The maximum atomic E-state index is 13.1. The van der Waals surface area contributed by atoms with Gasteiger partial charge in [-0.05, 0) is 89.8 Å². The fraction of sp³-hybridized carbons (Fsp3) is 0.290. The lowest BCUT2D eigenvalue weighted by Crippen LogP contribution is -2.41. The van der Waals surface area contributed by atoms with E-state index in [1.165, 1.54) is 28.6 Å². The van der Waals surface area contributed by atoms with Gasteiger partial charge in [-0.2, -0.15) is 0 Å². The van der Waals surface area contributed by atoms with E-state index < -0.39 is 8.32 Å². The number of nitrogens with zero attached hydrogens (tertiary/aromatic N) is 1. The van der Waals surface area contributed by atoms with Crippen molar-refractivity contribution in [2.45, 2.75) is 51.9 Å². The molecule has 0 fully saturated rings. The second kappa shape index (κ2) is 10.5. The highest BCUT2D eigenvalue weighted by Gasteiger charge is 2.36. The maximum Gasteiger partial charge on any atom is 0.192 e. The Kier molecular flexibility index (Phi) is 7.53. The second-order valence-corrected chi connectivity index (χ2v) is 15.6. The molecule has 4 aromatic rings. The first-order valence-corrected chi connectivity index (χ1v) is 15.4. The number of rotatable bonds is 9. The molecular formula is C31H36FNO2Si. The minimum atomic E-state index is -1.78. The number of halogens is 1.